The molecule has 0 bridgehead atoms. The van der Waals surface area contributed by atoms with Gasteiger partial charge in [0.1, 0.15) is 16.1 Å². The number of carbonyl (C=O) groups is 3. The second-order valence-electron chi connectivity index (χ2n) is 10.1. The van der Waals surface area contributed by atoms with Crippen LogP contribution in [0.3, 0.4) is 0 Å². The lowest BCUT2D eigenvalue weighted by Gasteiger charge is -2.27. The Morgan fingerprint density at radius 1 is 1.12 bits per heavy atom. The fourth-order valence-corrected chi connectivity index (χ4v) is 8.15. The lowest BCUT2D eigenvalue weighted by molar-refractivity contribution is -0.143. The van der Waals surface area contributed by atoms with Gasteiger partial charge >= 0.3 is 5.97 Å². The molecule has 1 saturated carbocycles. The van der Waals surface area contributed by atoms with Gasteiger partial charge in [0.25, 0.3) is 16.7 Å². The Morgan fingerprint density at radius 3 is 2.68 bits per heavy atom. The van der Waals surface area contributed by atoms with Crippen LogP contribution in [0.25, 0.3) is 11.0 Å². The molecule has 8 nitrogen and oxygen atoms in total. The summed E-state index contributed by atoms with van der Waals surface area (Å²) in [6.45, 7) is 5.19. The third kappa shape index (κ3) is 4.85. The minimum Gasteiger partial charge on any atom is -0.465 e. The molecule has 0 radical (unpaired) electrons. The third-order valence-corrected chi connectivity index (χ3v) is 9.94. The van der Waals surface area contributed by atoms with E-state index in [0.29, 0.717) is 16.5 Å². The predicted octanol–water partition coefficient (Wildman–Crippen LogP) is 4.08. The lowest BCUT2D eigenvalue weighted by atomic mass is 9.96. The summed E-state index contributed by atoms with van der Waals surface area (Å²) in [5.41, 5.74) is 4.12. The van der Waals surface area contributed by atoms with Gasteiger partial charge in [0.15, 0.2) is 0 Å². The maximum atomic E-state index is 13.6. The average molecular weight is 588 g/mol. The highest BCUT2D eigenvalue weighted by atomic mass is 32.2. The number of carbonyl (C=O) groups excluding carboxylic acids is 3. The fourth-order valence-electron chi connectivity index (χ4n) is 6.02. The number of fused-ring (bicyclic) bond motifs is 3. The third-order valence-electron chi connectivity index (χ3n) is 7.71. The zero-order valence-electron chi connectivity index (χ0n) is 22.6. The van der Waals surface area contributed by atoms with E-state index in [1.807, 2.05) is 18.2 Å². The van der Waals surface area contributed by atoms with Crippen LogP contribution in [0.5, 0.6) is 0 Å². The zero-order valence-corrected chi connectivity index (χ0v) is 24.2. The molecule has 0 N–H and O–H groups in total. The number of hydrogen-bond donors (Lipinski definition) is 0. The van der Waals surface area contributed by atoms with Crippen molar-refractivity contribution in [1.82, 2.24) is 9.47 Å². The summed E-state index contributed by atoms with van der Waals surface area (Å²) in [6.07, 6.45) is 6.70. The van der Waals surface area contributed by atoms with Crippen LogP contribution < -0.4 is 19.7 Å². The van der Waals surface area contributed by atoms with Crippen LogP contribution in [0.1, 0.15) is 43.2 Å². The Kier molecular flexibility index (Phi) is 7.44. The molecule has 41 heavy (non-hydrogen) atoms. The van der Waals surface area contributed by atoms with Crippen molar-refractivity contribution in [2.45, 2.75) is 44.7 Å². The van der Waals surface area contributed by atoms with Crippen LogP contribution in [-0.4, -0.2) is 45.8 Å². The molecule has 2 fully saturated rings. The van der Waals surface area contributed by atoms with Gasteiger partial charge in [-0.15, -0.1) is 17.9 Å². The van der Waals surface area contributed by atoms with Crippen LogP contribution in [0.2, 0.25) is 0 Å². The quantitative estimate of drug-likeness (QED) is 0.304. The van der Waals surface area contributed by atoms with E-state index in [1.54, 1.807) is 6.92 Å². The number of aromatic nitrogens is 1. The summed E-state index contributed by atoms with van der Waals surface area (Å²) in [7, 11) is 0. The Labute approximate surface area is 245 Å². The van der Waals surface area contributed by atoms with Crippen molar-refractivity contribution in [2.75, 3.05) is 18.1 Å². The molecule has 3 aliphatic rings. The van der Waals surface area contributed by atoms with Crippen LogP contribution >= 0.6 is 23.1 Å². The van der Waals surface area contributed by atoms with Crippen molar-refractivity contribution in [2.24, 2.45) is 0 Å². The molecule has 1 aliphatic carbocycles. The molecule has 2 unspecified atom stereocenters. The van der Waals surface area contributed by atoms with Crippen LogP contribution in [-0.2, 0) is 20.9 Å². The zero-order chi connectivity index (χ0) is 28.7. The summed E-state index contributed by atoms with van der Waals surface area (Å²) >= 11 is 1.88. The Hall–Kier alpha value is -3.89. The molecule has 2 aromatic carbocycles. The smallest absolute Gasteiger partial charge is 0.326 e. The molecule has 3 aromatic rings. The number of ether oxygens (including phenoxy) is 1. The number of thioether (sulfide) groups is 1. The lowest BCUT2D eigenvalue weighted by Crippen LogP contribution is -2.36. The second-order valence-corrected chi connectivity index (χ2v) is 12.1. The summed E-state index contributed by atoms with van der Waals surface area (Å²) in [5.74, 6) is -0.671. The molecular weight excluding hydrogens is 558 g/mol. The Morgan fingerprint density at radius 2 is 1.93 bits per heavy atom. The molecule has 210 valence electrons. The molecule has 6 rings (SSSR count). The monoisotopic (exact) mass is 587 g/mol. The summed E-state index contributed by atoms with van der Waals surface area (Å²) in [4.78, 5) is 55.3. The van der Waals surface area contributed by atoms with E-state index < -0.39 is 22.7 Å². The Balaban J connectivity index is 1.46. The summed E-state index contributed by atoms with van der Waals surface area (Å²) in [5, 5.41) is -0.438. The number of amides is 2. The van der Waals surface area contributed by atoms with E-state index in [0.717, 1.165) is 46.4 Å². The van der Waals surface area contributed by atoms with E-state index in [9.17, 15) is 19.2 Å². The highest BCUT2D eigenvalue weighted by molar-refractivity contribution is 8.23. The van der Waals surface area contributed by atoms with E-state index in [1.165, 1.54) is 34.0 Å². The van der Waals surface area contributed by atoms with Crippen LogP contribution in [0.4, 0.5) is 16.2 Å². The summed E-state index contributed by atoms with van der Waals surface area (Å²) < 4.78 is 6.99. The van der Waals surface area contributed by atoms with Gasteiger partial charge < -0.3 is 9.64 Å². The van der Waals surface area contributed by atoms with Crippen molar-refractivity contribution in [1.29, 1.82) is 0 Å². The minimum atomic E-state index is -0.587. The molecule has 1 aromatic heterocycles. The first-order chi connectivity index (χ1) is 19.9. The maximum Gasteiger partial charge on any atom is 0.326 e. The molecule has 2 amide bonds. The standard InChI is InChI=1S/C31H29N3O5S2/c1-3-15-32-29(37)27(41-31(32)38)30-33(18-26(35)39-4-2)28(36)25(40-30)17-19-13-14-24-22(16-19)21-11-8-12-23(21)34(24)20-9-6-5-7-10-20/h3,5-7,9-10,13-14,16-17,21,23H,1,4,8,11-12,15,18H2,2H3. The topological polar surface area (TPSA) is 88.9 Å². The van der Waals surface area contributed by atoms with Gasteiger partial charge in [-0.1, -0.05) is 36.8 Å². The molecule has 3 heterocycles. The van der Waals surface area contributed by atoms with Crippen molar-refractivity contribution >= 4 is 62.6 Å². The van der Waals surface area contributed by atoms with E-state index in [-0.39, 0.29) is 29.3 Å². The van der Waals surface area contributed by atoms with Crippen molar-refractivity contribution in [3.8, 4) is 0 Å². The van der Waals surface area contributed by atoms with Gasteiger partial charge in [-0.3, -0.25) is 28.6 Å². The van der Waals surface area contributed by atoms with Gasteiger partial charge in [-0.25, -0.2) is 0 Å². The number of thiazole rings is 1. The van der Waals surface area contributed by atoms with Gasteiger partial charge in [0.05, 0.1) is 11.1 Å². The maximum absolute atomic E-state index is 13.6. The number of benzene rings is 2. The molecule has 0 spiro atoms. The molecule has 1 saturated heterocycles. The molecular formula is C31H29N3O5S2. The van der Waals surface area contributed by atoms with Gasteiger partial charge in [0.2, 0.25) is 0 Å². The predicted molar refractivity (Wildman–Crippen MR) is 162 cm³/mol. The SMILES string of the molecule is C=CCN1C(=O)SC(=c2sc(=Cc3ccc4c(c3)C3CCCC3N4c3ccccc3)c(=O)n2CC(=O)OCC)C1=O. The highest BCUT2D eigenvalue weighted by Crippen LogP contribution is 2.52. The summed E-state index contributed by atoms with van der Waals surface area (Å²) in [6, 6.07) is 17.1. The second kappa shape index (κ2) is 11.2. The van der Waals surface area contributed by atoms with E-state index in [4.69, 9.17) is 4.74 Å². The fraction of sp³-hybridized carbons (Fsp3) is 0.290. The van der Waals surface area contributed by atoms with Crippen molar-refractivity contribution in [3.05, 3.63) is 91.9 Å². The number of imide groups is 1. The van der Waals surface area contributed by atoms with Gasteiger partial charge in [-0.05, 0) is 73.0 Å². The molecule has 10 heteroatoms. The van der Waals surface area contributed by atoms with Crippen molar-refractivity contribution in [3.63, 3.8) is 0 Å². The average Bonchev–Trinajstić information content (AvgIpc) is 3.70. The minimum absolute atomic E-state index is 0.0674. The van der Waals surface area contributed by atoms with Crippen LogP contribution in [0.15, 0.2) is 66.0 Å². The number of hydrogen-bond acceptors (Lipinski definition) is 8. The number of esters is 1. The van der Waals surface area contributed by atoms with Crippen molar-refractivity contribution < 1.29 is 19.1 Å². The Bertz CT molecular complexity index is 1740. The largest absolute Gasteiger partial charge is 0.465 e. The van der Waals surface area contributed by atoms with Crippen LogP contribution in [0, 0.1) is 0 Å². The van der Waals surface area contributed by atoms with Gasteiger partial charge in [0, 0.05) is 29.9 Å². The number of anilines is 2. The van der Waals surface area contributed by atoms with Gasteiger partial charge in [-0.2, -0.15) is 0 Å². The number of rotatable bonds is 7. The number of nitrogens with zero attached hydrogens (tertiary/aromatic N) is 3. The molecule has 2 aliphatic heterocycles. The molecule has 2 atom stereocenters. The normalized spacial score (nSPS) is 21.4. The first-order valence-electron chi connectivity index (χ1n) is 13.6. The first kappa shape index (κ1) is 27.3. The van der Waals surface area contributed by atoms with E-state index in [2.05, 4.69) is 47.9 Å². The highest BCUT2D eigenvalue weighted by Gasteiger charge is 2.42. The number of para-hydroxylation sites is 1. The van der Waals surface area contributed by atoms with E-state index >= 15 is 0 Å². The first-order valence-corrected chi connectivity index (χ1v) is 15.3.